The molecule has 0 spiro atoms. The number of nitrogens with zero attached hydrogens (tertiary/aromatic N) is 1. The molecule has 0 bridgehead atoms. The van der Waals surface area contributed by atoms with E-state index in [0.717, 1.165) is 13.0 Å². The van der Waals surface area contributed by atoms with Crippen molar-refractivity contribution in [3.05, 3.63) is 0 Å². The molecule has 0 saturated carbocycles. The molecular formula is C8H18N2. The Morgan fingerprint density at radius 1 is 1.40 bits per heavy atom. The maximum Gasteiger partial charge on any atom is 0.0165 e. The number of hydrogen-bond donors (Lipinski definition) is 1. The highest BCUT2D eigenvalue weighted by Crippen LogP contribution is 2.07. The third kappa shape index (κ3) is 2.27. The molecule has 10 heavy (non-hydrogen) atoms. The predicted molar refractivity (Wildman–Crippen MR) is 43.9 cm³/mol. The zero-order chi connectivity index (χ0) is 7.40. The van der Waals surface area contributed by atoms with Gasteiger partial charge < -0.3 is 10.6 Å². The Balaban J connectivity index is 2.11. The minimum atomic E-state index is 0.401. The molecule has 2 nitrogen and oxygen atoms in total. The fourth-order valence-corrected chi connectivity index (χ4v) is 1.43. The van der Waals surface area contributed by atoms with Crippen LogP contribution in [0.5, 0.6) is 0 Å². The van der Waals surface area contributed by atoms with Crippen molar-refractivity contribution in [2.75, 3.05) is 19.6 Å². The minimum absolute atomic E-state index is 0.401. The lowest BCUT2D eigenvalue weighted by molar-refractivity contribution is 0.311. The molecule has 1 atom stereocenters. The van der Waals surface area contributed by atoms with Gasteiger partial charge in [0.15, 0.2) is 0 Å². The van der Waals surface area contributed by atoms with E-state index >= 15 is 0 Å². The van der Waals surface area contributed by atoms with Gasteiger partial charge in [0.05, 0.1) is 0 Å². The molecule has 2 heteroatoms. The topological polar surface area (TPSA) is 29.3 Å². The predicted octanol–water partition coefficient (Wildman–Crippen LogP) is 0.819. The molecule has 0 aromatic rings. The van der Waals surface area contributed by atoms with Crippen molar-refractivity contribution in [2.24, 2.45) is 5.73 Å². The molecule has 60 valence electrons. The van der Waals surface area contributed by atoms with Gasteiger partial charge in [0.2, 0.25) is 0 Å². The number of likely N-dealkylation sites (tertiary alicyclic amines) is 1. The van der Waals surface area contributed by atoms with Gasteiger partial charge >= 0.3 is 0 Å². The second kappa shape index (κ2) is 3.94. The van der Waals surface area contributed by atoms with Crippen LogP contribution in [0, 0.1) is 0 Å². The van der Waals surface area contributed by atoms with E-state index in [1.165, 1.54) is 25.9 Å². The highest BCUT2D eigenvalue weighted by atomic mass is 15.1. The standard InChI is InChI=1S/C8H18N2/c1-2-8(9)7-10-5-3-4-6-10/h8H,2-7,9H2,1H3/t8-/m1/s1. The largest absolute Gasteiger partial charge is 0.327 e. The molecule has 1 fully saturated rings. The molecule has 1 heterocycles. The fourth-order valence-electron chi connectivity index (χ4n) is 1.43. The van der Waals surface area contributed by atoms with Crippen molar-refractivity contribution in [2.45, 2.75) is 32.2 Å². The summed E-state index contributed by atoms with van der Waals surface area (Å²) in [4.78, 5) is 2.47. The Hall–Kier alpha value is -0.0800. The average molecular weight is 142 g/mol. The van der Waals surface area contributed by atoms with Crippen LogP contribution >= 0.6 is 0 Å². The summed E-state index contributed by atoms with van der Waals surface area (Å²) in [5.74, 6) is 0. The van der Waals surface area contributed by atoms with Crippen molar-refractivity contribution >= 4 is 0 Å². The summed E-state index contributed by atoms with van der Waals surface area (Å²) in [5, 5.41) is 0. The molecule has 1 aliphatic rings. The molecule has 1 rings (SSSR count). The van der Waals surface area contributed by atoms with Gasteiger partial charge in [0.1, 0.15) is 0 Å². The minimum Gasteiger partial charge on any atom is -0.327 e. The molecule has 0 aromatic carbocycles. The quantitative estimate of drug-likeness (QED) is 0.632. The van der Waals surface area contributed by atoms with E-state index in [1.807, 2.05) is 0 Å². The summed E-state index contributed by atoms with van der Waals surface area (Å²) in [6, 6.07) is 0.401. The van der Waals surface area contributed by atoms with Crippen LogP contribution in [0.4, 0.5) is 0 Å². The molecule has 2 N–H and O–H groups in total. The Morgan fingerprint density at radius 2 is 2.00 bits per heavy atom. The van der Waals surface area contributed by atoms with E-state index in [-0.39, 0.29) is 0 Å². The summed E-state index contributed by atoms with van der Waals surface area (Å²) in [7, 11) is 0. The van der Waals surface area contributed by atoms with Crippen molar-refractivity contribution in [1.29, 1.82) is 0 Å². The second-order valence-corrected chi connectivity index (χ2v) is 3.18. The van der Waals surface area contributed by atoms with Crippen molar-refractivity contribution in [3.63, 3.8) is 0 Å². The Bertz CT molecular complexity index is 87.3. The fraction of sp³-hybridized carbons (Fsp3) is 1.00. The molecule has 0 aromatic heterocycles. The van der Waals surface area contributed by atoms with Gasteiger partial charge in [-0.25, -0.2) is 0 Å². The van der Waals surface area contributed by atoms with Crippen LogP contribution in [0.1, 0.15) is 26.2 Å². The summed E-state index contributed by atoms with van der Waals surface area (Å²) in [6.45, 7) is 5.80. The number of rotatable bonds is 3. The molecule has 0 amide bonds. The van der Waals surface area contributed by atoms with Gasteiger partial charge in [-0.3, -0.25) is 0 Å². The highest BCUT2D eigenvalue weighted by Gasteiger charge is 2.13. The van der Waals surface area contributed by atoms with Crippen LogP contribution in [0.3, 0.4) is 0 Å². The summed E-state index contributed by atoms with van der Waals surface area (Å²) in [5.41, 5.74) is 5.81. The Labute approximate surface area is 63.4 Å². The monoisotopic (exact) mass is 142 g/mol. The van der Waals surface area contributed by atoms with Crippen molar-refractivity contribution < 1.29 is 0 Å². The van der Waals surface area contributed by atoms with Crippen LogP contribution in [-0.4, -0.2) is 30.6 Å². The zero-order valence-corrected chi connectivity index (χ0v) is 6.84. The third-order valence-corrected chi connectivity index (χ3v) is 2.22. The van der Waals surface area contributed by atoms with Gasteiger partial charge in [-0.15, -0.1) is 0 Å². The first-order valence-electron chi connectivity index (χ1n) is 4.31. The van der Waals surface area contributed by atoms with E-state index < -0.39 is 0 Å². The maximum atomic E-state index is 5.81. The van der Waals surface area contributed by atoms with E-state index in [9.17, 15) is 0 Å². The molecule has 0 radical (unpaired) electrons. The first-order valence-corrected chi connectivity index (χ1v) is 4.31. The maximum absolute atomic E-state index is 5.81. The summed E-state index contributed by atoms with van der Waals surface area (Å²) in [6.07, 6.45) is 3.85. The highest BCUT2D eigenvalue weighted by molar-refractivity contribution is 4.71. The van der Waals surface area contributed by atoms with E-state index in [2.05, 4.69) is 11.8 Å². The molecule has 0 unspecified atom stereocenters. The molecular weight excluding hydrogens is 124 g/mol. The lowest BCUT2D eigenvalue weighted by Crippen LogP contribution is -2.35. The van der Waals surface area contributed by atoms with Crippen LogP contribution in [0.25, 0.3) is 0 Å². The zero-order valence-electron chi connectivity index (χ0n) is 6.84. The van der Waals surface area contributed by atoms with Crippen LogP contribution in [0.15, 0.2) is 0 Å². The Morgan fingerprint density at radius 3 is 2.50 bits per heavy atom. The Kier molecular flexibility index (Phi) is 3.16. The number of hydrogen-bond acceptors (Lipinski definition) is 2. The van der Waals surface area contributed by atoms with Crippen molar-refractivity contribution in [1.82, 2.24) is 4.90 Å². The van der Waals surface area contributed by atoms with E-state index in [1.54, 1.807) is 0 Å². The van der Waals surface area contributed by atoms with Gasteiger partial charge in [0, 0.05) is 12.6 Å². The molecule has 1 aliphatic heterocycles. The molecule has 0 aliphatic carbocycles. The third-order valence-electron chi connectivity index (χ3n) is 2.22. The van der Waals surface area contributed by atoms with Crippen LogP contribution in [-0.2, 0) is 0 Å². The van der Waals surface area contributed by atoms with Crippen LogP contribution in [0.2, 0.25) is 0 Å². The van der Waals surface area contributed by atoms with Crippen molar-refractivity contribution in [3.8, 4) is 0 Å². The first-order chi connectivity index (χ1) is 4.83. The van der Waals surface area contributed by atoms with Gasteiger partial charge in [-0.2, -0.15) is 0 Å². The van der Waals surface area contributed by atoms with Gasteiger partial charge in [-0.1, -0.05) is 6.92 Å². The summed E-state index contributed by atoms with van der Waals surface area (Å²) >= 11 is 0. The van der Waals surface area contributed by atoms with E-state index in [0.29, 0.717) is 6.04 Å². The summed E-state index contributed by atoms with van der Waals surface area (Å²) < 4.78 is 0. The van der Waals surface area contributed by atoms with Gasteiger partial charge in [-0.05, 0) is 32.4 Å². The number of nitrogens with two attached hydrogens (primary N) is 1. The van der Waals surface area contributed by atoms with Crippen LogP contribution < -0.4 is 5.73 Å². The average Bonchev–Trinajstić information content (AvgIpc) is 2.40. The lowest BCUT2D eigenvalue weighted by atomic mass is 10.2. The molecule has 1 saturated heterocycles. The smallest absolute Gasteiger partial charge is 0.0165 e. The normalized spacial score (nSPS) is 23.4. The second-order valence-electron chi connectivity index (χ2n) is 3.18. The lowest BCUT2D eigenvalue weighted by Gasteiger charge is -2.18. The van der Waals surface area contributed by atoms with Gasteiger partial charge in [0.25, 0.3) is 0 Å². The van der Waals surface area contributed by atoms with E-state index in [4.69, 9.17) is 5.73 Å². The first kappa shape index (κ1) is 8.02. The SMILES string of the molecule is CC[C@@H](N)CN1CCCC1.